The minimum atomic E-state index is -0.693. The molecule has 0 spiro atoms. The molecule has 1 aromatic rings. The Morgan fingerprint density at radius 1 is 1.39 bits per heavy atom. The van der Waals surface area contributed by atoms with E-state index in [1.165, 1.54) is 12.1 Å². The first-order valence-corrected chi connectivity index (χ1v) is 6.35. The first-order chi connectivity index (χ1) is 8.65. The van der Waals surface area contributed by atoms with Crippen LogP contribution >= 0.6 is 0 Å². The van der Waals surface area contributed by atoms with E-state index in [0.29, 0.717) is 6.54 Å². The second kappa shape index (κ2) is 5.96. The molecule has 0 radical (unpaired) electrons. The zero-order chi connectivity index (χ0) is 13.0. The van der Waals surface area contributed by atoms with Crippen molar-refractivity contribution in [2.75, 3.05) is 19.6 Å². The average molecular weight is 251 g/mol. The summed E-state index contributed by atoms with van der Waals surface area (Å²) in [6, 6.07) is 6.50. The smallest absolute Gasteiger partial charge is 0.307 e. The summed E-state index contributed by atoms with van der Waals surface area (Å²) in [5, 5.41) is 9.00. The van der Waals surface area contributed by atoms with Gasteiger partial charge in [-0.15, -0.1) is 0 Å². The Kier molecular flexibility index (Phi) is 4.31. The molecule has 1 aromatic carbocycles. The predicted molar refractivity (Wildman–Crippen MR) is 66.9 cm³/mol. The van der Waals surface area contributed by atoms with Crippen LogP contribution in [-0.4, -0.2) is 35.6 Å². The van der Waals surface area contributed by atoms with Gasteiger partial charge in [0.25, 0.3) is 0 Å². The maximum atomic E-state index is 12.7. The van der Waals surface area contributed by atoms with Gasteiger partial charge in [0.2, 0.25) is 0 Å². The summed E-state index contributed by atoms with van der Waals surface area (Å²) in [7, 11) is 0. The lowest BCUT2D eigenvalue weighted by Gasteiger charge is -2.30. The largest absolute Gasteiger partial charge is 0.481 e. The Balaban J connectivity index is 1.82. The topological polar surface area (TPSA) is 40.5 Å². The predicted octanol–water partition coefficient (Wildman–Crippen LogP) is 2.16. The van der Waals surface area contributed by atoms with Crippen molar-refractivity contribution in [3.05, 3.63) is 35.6 Å². The molecule has 0 amide bonds. The third-order valence-corrected chi connectivity index (χ3v) is 3.48. The van der Waals surface area contributed by atoms with Gasteiger partial charge in [-0.05, 0) is 43.5 Å². The number of nitrogens with zero attached hydrogens (tertiary/aromatic N) is 1. The number of carboxylic acid groups (broad SMARTS) is 1. The second-order valence-corrected chi connectivity index (χ2v) is 4.85. The van der Waals surface area contributed by atoms with Gasteiger partial charge in [0, 0.05) is 13.1 Å². The van der Waals surface area contributed by atoms with Crippen LogP contribution in [-0.2, 0) is 11.2 Å². The van der Waals surface area contributed by atoms with Gasteiger partial charge in [0.15, 0.2) is 0 Å². The highest BCUT2D eigenvalue weighted by Crippen LogP contribution is 2.17. The molecule has 0 aliphatic carbocycles. The lowest BCUT2D eigenvalue weighted by atomic mass is 9.98. The molecular weight excluding hydrogens is 233 g/mol. The number of benzene rings is 1. The molecule has 4 heteroatoms. The van der Waals surface area contributed by atoms with Gasteiger partial charge in [0.1, 0.15) is 5.82 Å². The number of hydrogen-bond donors (Lipinski definition) is 1. The molecule has 3 nitrogen and oxygen atoms in total. The monoisotopic (exact) mass is 251 g/mol. The van der Waals surface area contributed by atoms with E-state index < -0.39 is 5.97 Å². The summed E-state index contributed by atoms with van der Waals surface area (Å²) >= 11 is 0. The molecule has 1 heterocycles. The highest BCUT2D eigenvalue weighted by molar-refractivity contribution is 5.70. The van der Waals surface area contributed by atoms with E-state index in [2.05, 4.69) is 4.90 Å². The van der Waals surface area contributed by atoms with E-state index in [9.17, 15) is 9.18 Å². The molecule has 1 atom stereocenters. The van der Waals surface area contributed by atoms with Gasteiger partial charge in [0.05, 0.1) is 5.92 Å². The number of carboxylic acids is 1. The van der Waals surface area contributed by atoms with Crippen LogP contribution in [0.3, 0.4) is 0 Å². The zero-order valence-corrected chi connectivity index (χ0v) is 10.3. The lowest BCUT2D eigenvalue weighted by Crippen LogP contribution is -2.39. The summed E-state index contributed by atoms with van der Waals surface area (Å²) in [6.07, 6.45) is 2.56. The maximum Gasteiger partial charge on any atom is 0.307 e. The molecule has 1 N–H and O–H groups in total. The van der Waals surface area contributed by atoms with Crippen LogP contribution in [0.5, 0.6) is 0 Å². The third-order valence-electron chi connectivity index (χ3n) is 3.48. The Bertz CT molecular complexity index is 405. The fraction of sp³-hybridized carbons (Fsp3) is 0.500. The normalized spacial score (nSPS) is 20.8. The molecular formula is C14H18FNO2. The van der Waals surface area contributed by atoms with Gasteiger partial charge in [-0.2, -0.15) is 0 Å². The van der Waals surface area contributed by atoms with Crippen LogP contribution in [0.25, 0.3) is 0 Å². The number of rotatable bonds is 4. The van der Waals surface area contributed by atoms with Crippen molar-refractivity contribution in [1.29, 1.82) is 0 Å². The number of halogens is 1. The van der Waals surface area contributed by atoms with E-state index in [1.54, 1.807) is 12.1 Å². The Labute approximate surface area is 106 Å². The minimum Gasteiger partial charge on any atom is -0.481 e. The fourth-order valence-corrected chi connectivity index (χ4v) is 2.40. The first-order valence-electron chi connectivity index (χ1n) is 6.35. The Morgan fingerprint density at radius 2 is 2.11 bits per heavy atom. The molecule has 0 saturated carbocycles. The quantitative estimate of drug-likeness (QED) is 0.891. The molecule has 2 rings (SSSR count). The van der Waals surface area contributed by atoms with E-state index in [0.717, 1.165) is 37.9 Å². The van der Waals surface area contributed by atoms with Crippen LogP contribution < -0.4 is 0 Å². The van der Waals surface area contributed by atoms with E-state index in [1.807, 2.05) is 0 Å². The van der Waals surface area contributed by atoms with Crippen LogP contribution in [0.1, 0.15) is 18.4 Å². The van der Waals surface area contributed by atoms with Crippen molar-refractivity contribution in [1.82, 2.24) is 4.90 Å². The van der Waals surface area contributed by atoms with E-state index >= 15 is 0 Å². The highest BCUT2D eigenvalue weighted by Gasteiger charge is 2.24. The highest BCUT2D eigenvalue weighted by atomic mass is 19.1. The molecule has 0 aromatic heterocycles. The molecule has 0 bridgehead atoms. The van der Waals surface area contributed by atoms with Crippen LogP contribution in [0, 0.1) is 11.7 Å². The van der Waals surface area contributed by atoms with Crippen molar-refractivity contribution < 1.29 is 14.3 Å². The number of piperidine rings is 1. The maximum absolute atomic E-state index is 12.7. The van der Waals surface area contributed by atoms with Crippen molar-refractivity contribution in [3.63, 3.8) is 0 Å². The van der Waals surface area contributed by atoms with Gasteiger partial charge in [-0.25, -0.2) is 4.39 Å². The van der Waals surface area contributed by atoms with Gasteiger partial charge in [-0.1, -0.05) is 12.1 Å². The second-order valence-electron chi connectivity index (χ2n) is 4.85. The summed E-state index contributed by atoms with van der Waals surface area (Å²) in [6.45, 7) is 2.44. The van der Waals surface area contributed by atoms with Gasteiger partial charge >= 0.3 is 5.97 Å². The Morgan fingerprint density at radius 3 is 2.78 bits per heavy atom. The number of likely N-dealkylation sites (tertiary alicyclic amines) is 1. The van der Waals surface area contributed by atoms with E-state index in [-0.39, 0.29) is 11.7 Å². The summed E-state index contributed by atoms with van der Waals surface area (Å²) in [4.78, 5) is 13.1. The van der Waals surface area contributed by atoms with Crippen molar-refractivity contribution in [3.8, 4) is 0 Å². The van der Waals surface area contributed by atoms with Gasteiger partial charge < -0.3 is 10.0 Å². The molecule has 1 unspecified atom stereocenters. The number of aliphatic carboxylic acids is 1. The zero-order valence-electron chi connectivity index (χ0n) is 10.3. The molecule has 18 heavy (non-hydrogen) atoms. The molecule has 1 aliphatic heterocycles. The standard InChI is InChI=1S/C14H18FNO2/c15-13-5-3-11(4-6-13)7-9-16-8-1-2-12(10-16)14(17)18/h3-6,12H,1-2,7-10H2,(H,17,18). The summed E-state index contributed by atoms with van der Waals surface area (Å²) in [5.41, 5.74) is 1.09. The van der Waals surface area contributed by atoms with Gasteiger partial charge in [-0.3, -0.25) is 4.79 Å². The first kappa shape index (κ1) is 13.0. The number of hydrogen-bond acceptors (Lipinski definition) is 2. The molecule has 1 fully saturated rings. The number of carbonyl (C=O) groups is 1. The fourth-order valence-electron chi connectivity index (χ4n) is 2.40. The molecule has 1 saturated heterocycles. The SMILES string of the molecule is O=C(O)C1CCCN(CCc2ccc(F)cc2)C1. The van der Waals surface area contributed by atoms with Crippen molar-refractivity contribution >= 4 is 5.97 Å². The average Bonchev–Trinajstić information content (AvgIpc) is 2.38. The van der Waals surface area contributed by atoms with Crippen LogP contribution in [0.15, 0.2) is 24.3 Å². The minimum absolute atomic E-state index is 0.220. The molecule has 1 aliphatic rings. The van der Waals surface area contributed by atoms with E-state index in [4.69, 9.17) is 5.11 Å². The third kappa shape index (κ3) is 3.53. The van der Waals surface area contributed by atoms with Crippen LogP contribution in [0.4, 0.5) is 4.39 Å². The Hall–Kier alpha value is -1.42. The van der Waals surface area contributed by atoms with Crippen molar-refractivity contribution in [2.45, 2.75) is 19.3 Å². The summed E-state index contributed by atoms with van der Waals surface area (Å²) < 4.78 is 12.7. The molecule has 98 valence electrons. The van der Waals surface area contributed by atoms with Crippen molar-refractivity contribution in [2.24, 2.45) is 5.92 Å². The lowest BCUT2D eigenvalue weighted by molar-refractivity contribution is -0.143. The van der Waals surface area contributed by atoms with Crippen LogP contribution in [0.2, 0.25) is 0 Å². The summed E-state index contributed by atoms with van der Waals surface area (Å²) in [5.74, 6) is -1.14.